The van der Waals surface area contributed by atoms with Crippen LogP contribution in [0, 0.1) is 6.92 Å². The molecule has 0 saturated carbocycles. The third-order valence-corrected chi connectivity index (χ3v) is 8.05. The fraction of sp³-hybridized carbons (Fsp3) is 0.107. The molecule has 180 valence electrons. The minimum absolute atomic E-state index is 0.237. The van der Waals surface area contributed by atoms with E-state index in [1.807, 2.05) is 79.0 Å². The van der Waals surface area contributed by atoms with Crippen molar-refractivity contribution < 1.29 is 14.3 Å². The molecule has 3 aromatic heterocycles. The van der Waals surface area contributed by atoms with Gasteiger partial charge in [-0.25, -0.2) is 9.78 Å². The van der Waals surface area contributed by atoms with Gasteiger partial charge in [-0.05, 0) is 55.8 Å². The van der Waals surface area contributed by atoms with Crippen LogP contribution in [0.5, 0.6) is 0 Å². The summed E-state index contributed by atoms with van der Waals surface area (Å²) >= 11 is 6.38. The zero-order valence-corrected chi connectivity index (χ0v) is 22.7. The Kier molecular flexibility index (Phi) is 7.00. The molecule has 1 amide bonds. The van der Waals surface area contributed by atoms with Crippen molar-refractivity contribution in [2.75, 3.05) is 11.9 Å². The van der Waals surface area contributed by atoms with Crippen LogP contribution in [0.25, 0.3) is 32.6 Å². The lowest BCUT2D eigenvalue weighted by molar-refractivity contribution is 0.0529. The van der Waals surface area contributed by atoms with Crippen molar-refractivity contribution in [2.45, 2.75) is 13.8 Å². The van der Waals surface area contributed by atoms with Crippen LogP contribution in [0.1, 0.15) is 32.5 Å². The number of amides is 1. The molecule has 36 heavy (non-hydrogen) atoms. The van der Waals surface area contributed by atoms with Crippen molar-refractivity contribution in [1.82, 2.24) is 4.98 Å². The standard InChI is InChI=1S/C28H21BrN2O3S2/c1-3-34-28(33)25-21(17-9-11-18(29)12-10-17)15-35-27(25)31-26(32)20-14-23(24-13-8-16(2)36-24)30-22-7-5-4-6-19(20)22/h4-15H,3H2,1-2H3,(H,31,32). The van der Waals surface area contributed by atoms with Gasteiger partial charge in [-0.1, -0.05) is 46.3 Å². The fourth-order valence-electron chi connectivity index (χ4n) is 3.93. The van der Waals surface area contributed by atoms with Gasteiger partial charge in [0.25, 0.3) is 5.91 Å². The minimum atomic E-state index is -0.471. The fourth-order valence-corrected chi connectivity index (χ4v) is 5.97. The van der Waals surface area contributed by atoms with Crippen LogP contribution < -0.4 is 5.32 Å². The number of thiophene rings is 2. The molecule has 0 unspecified atom stereocenters. The summed E-state index contributed by atoms with van der Waals surface area (Å²) in [6.07, 6.45) is 0. The van der Waals surface area contributed by atoms with Crippen molar-refractivity contribution in [3.63, 3.8) is 0 Å². The molecule has 0 fully saturated rings. The molecule has 0 bridgehead atoms. The van der Waals surface area contributed by atoms with Gasteiger partial charge in [0.15, 0.2) is 0 Å². The Labute approximate surface area is 224 Å². The predicted octanol–water partition coefficient (Wildman–Crippen LogP) is 8.19. The number of aryl methyl sites for hydroxylation is 1. The van der Waals surface area contributed by atoms with Crippen LogP contribution in [0.4, 0.5) is 5.00 Å². The molecule has 3 heterocycles. The first-order valence-electron chi connectivity index (χ1n) is 11.3. The van der Waals surface area contributed by atoms with Gasteiger partial charge in [0.2, 0.25) is 0 Å². The Morgan fingerprint density at radius 3 is 2.56 bits per heavy atom. The lowest BCUT2D eigenvalue weighted by Crippen LogP contribution is -2.15. The molecule has 0 aliphatic rings. The number of para-hydroxylation sites is 1. The Hall–Kier alpha value is -3.33. The summed E-state index contributed by atoms with van der Waals surface area (Å²) < 4.78 is 6.29. The lowest BCUT2D eigenvalue weighted by atomic mass is 10.0. The number of fused-ring (bicyclic) bond motifs is 1. The molecular formula is C28H21BrN2O3S2. The Morgan fingerprint density at radius 2 is 1.83 bits per heavy atom. The van der Waals surface area contributed by atoms with E-state index in [0.29, 0.717) is 16.1 Å². The third-order valence-electron chi connectivity index (χ3n) is 5.61. The number of nitrogens with one attached hydrogen (secondary N) is 1. The first-order valence-corrected chi connectivity index (χ1v) is 13.8. The van der Waals surface area contributed by atoms with Gasteiger partial charge >= 0.3 is 5.97 Å². The summed E-state index contributed by atoms with van der Waals surface area (Å²) in [5.74, 6) is -0.779. The van der Waals surface area contributed by atoms with Crippen LogP contribution >= 0.6 is 38.6 Å². The highest BCUT2D eigenvalue weighted by atomic mass is 79.9. The number of aromatic nitrogens is 1. The monoisotopic (exact) mass is 576 g/mol. The molecule has 8 heteroatoms. The van der Waals surface area contributed by atoms with Gasteiger partial charge in [0.1, 0.15) is 10.6 Å². The summed E-state index contributed by atoms with van der Waals surface area (Å²) in [5.41, 5.74) is 3.90. The number of benzene rings is 2. The van der Waals surface area contributed by atoms with Crippen molar-refractivity contribution in [3.8, 4) is 21.7 Å². The van der Waals surface area contributed by atoms with Gasteiger partial charge in [-0.3, -0.25) is 4.79 Å². The quantitative estimate of drug-likeness (QED) is 0.207. The van der Waals surface area contributed by atoms with Gasteiger partial charge < -0.3 is 10.1 Å². The Morgan fingerprint density at radius 1 is 1.06 bits per heavy atom. The summed E-state index contributed by atoms with van der Waals surface area (Å²) in [7, 11) is 0. The number of hydrogen-bond donors (Lipinski definition) is 1. The number of halogens is 1. The topological polar surface area (TPSA) is 68.3 Å². The number of carbonyl (C=O) groups is 2. The van der Waals surface area contributed by atoms with Crippen molar-refractivity contribution >= 4 is 66.4 Å². The van der Waals surface area contributed by atoms with E-state index in [4.69, 9.17) is 9.72 Å². The smallest absolute Gasteiger partial charge is 0.341 e. The summed E-state index contributed by atoms with van der Waals surface area (Å²) in [6, 6.07) is 21.1. The molecule has 5 nitrogen and oxygen atoms in total. The van der Waals surface area contributed by atoms with E-state index in [-0.39, 0.29) is 12.5 Å². The normalized spacial score (nSPS) is 11.0. The highest BCUT2D eigenvalue weighted by molar-refractivity contribution is 9.10. The highest BCUT2D eigenvalue weighted by Crippen LogP contribution is 2.37. The molecule has 0 radical (unpaired) electrons. The lowest BCUT2D eigenvalue weighted by Gasteiger charge is -2.11. The van der Waals surface area contributed by atoms with Crippen molar-refractivity contribution in [2.24, 2.45) is 0 Å². The highest BCUT2D eigenvalue weighted by Gasteiger charge is 2.24. The largest absolute Gasteiger partial charge is 0.462 e. The van der Waals surface area contributed by atoms with Gasteiger partial charge in [0.05, 0.1) is 28.3 Å². The number of pyridine rings is 1. The molecule has 0 saturated heterocycles. The number of carbonyl (C=O) groups excluding carboxylic acids is 2. The molecule has 0 spiro atoms. The zero-order valence-electron chi connectivity index (χ0n) is 19.5. The van der Waals surface area contributed by atoms with Crippen LogP contribution in [0.3, 0.4) is 0 Å². The average molecular weight is 578 g/mol. The van der Waals surface area contributed by atoms with E-state index in [1.165, 1.54) is 16.2 Å². The predicted molar refractivity (Wildman–Crippen MR) is 151 cm³/mol. The van der Waals surface area contributed by atoms with Crippen LogP contribution in [0.15, 0.2) is 76.6 Å². The molecule has 0 atom stereocenters. The Bertz CT molecular complexity index is 1590. The molecular weight excluding hydrogens is 556 g/mol. The van der Waals surface area contributed by atoms with E-state index in [2.05, 4.69) is 21.2 Å². The number of anilines is 1. The maximum atomic E-state index is 13.7. The maximum Gasteiger partial charge on any atom is 0.341 e. The second-order valence-electron chi connectivity index (χ2n) is 8.02. The number of nitrogens with zero attached hydrogens (tertiary/aromatic N) is 1. The second kappa shape index (κ2) is 10.3. The SMILES string of the molecule is CCOC(=O)c1c(-c2ccc(Br)cc2)csc1NC(=O)c1cc(-c2ccc(C)s2)nc2ccccc12. The van der Waals surface area contributed by atoms with E-state index < -0.39 is 5.97 Å². The van der Waals surface area contributed by atoms with Gasteiger partial charge in [-0.2, -0.15) is 0 Å². The van der Waals surface area contributed by atoms with Crippen LogP contribution in [-0.2, 0) is 4.74 Å². The minimum Gasteiger partial charge on any atom is -0.462 e. The first-order chi connectivity index (χ1) is 17.4. The number of ether oxygens (including phenoxy) is 1. The van der Waals surface area contributed by atoms with E-state index in [1.54, 1.807) is 18.3 Å². The van der Waals surface area contributed by atoms with Crippen LogP contribution in [-0.4, -0.2) is 23.5 Å². The first kappa shape index (κ1) is 24.4. The maximum absolute atomic E-state index is 13.7. The number of hydrogen-bond acceptors (Lipinski definition) is 6. The molecule has 2 aromatic carbocycles. The van der Waals surface area contributed by atoms with E-state index in [9.17, 15) is 9.59 Å². The van der Waals surface area contributed by atoms with Gasteiger partial charge in [0, 0.05) is 25.7 Å². The Balaban J connectivity index is 1.57. The van der Waals surface area contributed by atoms with Crippen molar-refractivity contribution in [1.29, 1.82) is 0 Å². The van der Waals surface area contributed by atoms with Gasteiger partial charge in [-0.15, -0.1) is 22.7 Å². The summed E-state index contributed by atoms with van der Waals surface area (Å²) in [5, 5.41) is 6.05. The number of rotatable bonds is 6. The average Bonchev–Trinajstić information content (AvgIpc) is 3.50. The molecule has 1 N–H and O–H groups in total. The molecule has 0 aliphatic heterocycles. The summed E-state index contributed by atoms with van der Waals surface area (Å²) in [4.78, 5) is 33.6. The molecule has 5 aromatic rings. The van der Waals surface area contributed by atoms with E-state index in [0.717, 1.165) is 37.1 Å². The van der Waals surface area contributed by atoms with Crippen molar-refractivity contribution in [3.05, 3.63) is 92.6 Å². The van der Waals surface area contributed by atoms with E-state index >= 15 is 0 Å². The number of esters is 1. The second-order valence-corrected chi connectivity index (χ2v) is 11.1. The summed E-state index contributed by atoms with van der Waals surface area (Å²) in [6.45, 7) is 4.04. The van der Waals surface area contributed by atoms with Crippen LogP contribution in [0.2, 0.25) is 0 Å². The molecule has 0 aliphatic carbocycles. The third kappa shape index (κ3) is 4.84. The molecule has 5 rings (SSSR count). The zero-order chi connectivity index (χ0) is 25.2.